The second-order valence-electron chi connectivity index (χ2n) is 9.71. The molecular formula is C26H23Cl3F4N12O2. The Kier molecular flexibility index (Phi) is 11.5. The molecule has 6 rings (SSSR count). The number of alkyl halides is 6. The van der Waals surface area contributed by atoms with E-state index in [1.807, 2.05) is 0 Å². The highest BCUT2D eigenvalue weighted by Gasteiger charge is 2.45. The number of hydrogen-bond acceptors (Lipinski definition) is 13. The molecule has 4 aromatic heterocycles. The van der Waals surface area contributed by atoms with E-state index in [1.165, 1.54) is 53.0 Å². The highest BCUT2D eigenvalue weighted by atomic mass is 35.5. The molecule has 0 spiro atoms. The molecule has 0 aliphatic carbocycles. The van der Waals surface area contributed by atoms with Gasteiger partial charge >= 0.3 is 0 Å². The zero-order valence-electron chi connectivity index (χ0n) is 23.9. The molecule has 6 heterocycles. The van der Waals surface area contributed by atoms with Crippen molar-refractivity contribution in [3.05, 3.63) is 49.3 Å². The van der Waals surface area contributed by atoms with Gasteiger partial charge in [0, 0.05) is 37.2 Å². The minimum Gasteiger partial charge on any atom is -0.384 e. The molecule has 2 aliphatic rings. The Labute approximate surface area is 278 Å². The van der Waals surface area contributed by atoms with Gasteiger partial charge in [0.05, 0.1) is 43.2 Å². The Morgan fingerprint density at radius 3 is 1.55 bits per heavy atom. The lowest BCUT2D eigenvalue weighted by Gasteiger charge is -2.38. The molecule has 0 unspecified atom stereocenters. The summed E-state index contributed by atoms with van der Waals surface area (Å²) in [5.41, 5.74) is 6.64. The number of nitrogens with one attached hydrogen (secondary N) is 1. The first-order chi connectivity index (χ1) is 22.3. The van der Waals surface area contributed by atoms with Crippen molar-refractivity contribution in [2.45, 2.75) is 11.8 Å². The Bertz CT molecular complexity index is 1670. The largest absolute Gasteiger partial charge is 0.384 e. The lowest BCUT2D eigenvalue weighted by molar-refractivity contribution is -0.114. The van der Waals surface area contributed by atoms with Gasteiger partial charge in [-0.1, -0.05) is 0 Å². The summed E-state index contributed by atoms with van der Waals surface area (Å²) in [4.78, 5) is 55.9. The van der Waals surface area contributed by atoms with Crippen molar-refractivity contribution < 1.29 is 27.2 Å². The number of anilines is 4. The normalized spacial score (nSPS) is 15.5. The van der Waals surface area contributed by atoms with E-state index < -0.39 is 17.1 Å². The average Bonchev–Trinajstić information content (AvgIpc) is 3.03. The minimum atomic E-state index is -2.68. The van der Waals surface area contributed by atoms with Crippen LogP contribution in [-0.2, 0) is 9.59 Å². The van der Waals surface area contributed by atoms with Crippen LogP contribution in [0.3, 0.4) is 0 Å². The minimum absolute atomic E-state index is 0.0957. The van der Waals surface area contributed by atoms with Gasteiger partial charge in [-0.2, -0.15) is 0 Å². The number of aromatic nitrogens is 8. The molecule has 14 nitrogen and oxygen atoms in total. The van der Waals surface area contributed by atoms with Gasteiger partial charge in [0.1, 0.15) is 17.5 Å². The van der Waals surface area contributed by atoms with Gasteiger partial charge < -0.3 is 20.9 Å². The van der Waals surface area contributed by atoms with E-state index in [1.54, 1.807) is 6.07 Å². The molecule has 2 fully saturated rings. The van der Waals surface area contributed by atoms with Crippen LogP contribution < -0.4 is 20.9 Å². The van der Waals surface area contributed by atoms with E-state index in [-0.39, 0.29) is 55.7 Å². The summed E-state index contributed by atoms with van der Waals surface area (Å²) in [7, 11) is 0. The summed E-state index contributed by atoms with van der Waals surface area (Å²) in [6.45, 7) is -1.46. The molecular weight excluding hydrogens is 695 g/mol. The van der Waals surface area contributed by atoms with Crippen LogP contribution >= 0.6 is 34.8 Å². The van der Waals surface area contributed by atoms with Crippen molar-refractivity contribution in [3.8, 4) is 22.8 Å². The van der Waals surface area contributed by atoms with Crippen LogP contribution in [0.25, 0.3) is 22.8 Å². The molecule has 2 saturated heterocycles. The van der Waals surface area contributed by atoms with Crippen LogP contribution in [0.2, 0.25) is 0 Å². The molecule has 47 heavy (non-hydrogen) atoms. The third-order valence-corrected chi connectivity index (χ3v) is 6.63. The highest BCUT2D eigenvalue weighted by Crippen LogP contribution is 2.31. The number of amides is 1. The monoisotopic (exact) mass is 716 g/mol. The summed E-state index contributed by atoms with van der Waals surface area (Å²) in [5.74, 6) is -4.13. The Morgan fingerprint density at radius 2 is 1.17 bits per heavy atom. The lowest BCUT2D eigenvalue weighted by atomic mass is 10.2. The van der Waals surface area contributed by atoms with Gasteiger partial charge in [-0.05, 0) is 23.7 Å². The quantitative estimate of drug-likeness (QED) is 0.161. The van der Waals surface area contributed by atoms with E-state index in [0.717, 1.165) is 0 Å². The van der Waals surface area contributed by atoms with E-state index in [0.29, 0.717) is 34.4 Å². The van der Waals surface area contributed by atoms with E-state index in [2.05, 4.69) is 45.2 Å². The number of nitrogens with zero attached hydrogens (tertiary/aromatic N) is 10. The first-order valence-electron chi connectivity index (χ1n) is 13.2. The topological polar surface area (TPSA) is 182 Å². The molecule has 1 amide bonds. The van der Waals surface area contributed by atoms with Crippen molar-refractivity contribution in [3.63, 3.8) is 0 Å². The number of hydrogen-bond donors (Lipinski definition) is 2. The van der Waals surface area contributed by atoms with Gasteiger partial charge in [-0.25, -0.2) is 57.4 Å². The number of carbonyl (C=O) groups excluding carboxylic acids is 2. The fraction of sp³-hybridized carbons (Fsp3) is 0.308. The first kappa shape index (κ1) is 35.3. The van der Waals surface area contributed by atoms with Crippen LogP contribution in [0.1, 0.15) is 0 Å². The van der Waals surface area contributed by atoms with Crippen LogP contribution in [-0.4, -0.2) is 101 Å². The smallest absolute Gasteiger partial charge is 0.282 e. The maximum Gasteiger partial charge on any atom is 0.282 e. The fourth-order valence-electron chi connectivity index (χ4n) is 3.76. The number of nitrogen functional groups attached to an aromatic ring is 1. The Balaban J connectivity index is 0.000000189. The van der Waals surface area contributed by atoms with Crippen LogP contribution in [0.4, 0.5) is 41.1 Å². The first-order valence-corrected chi connectivity index (χ1v) is 14.6. The Hall–Kier alpha value is -4.55. The van der Waals surface area contributed by atoms with Crippen molar-refractivity contribution in [1.82, 2.24) is 39.9 Å². The van der Waals surface area contributed by atoms with Gasteiger partial charge in [0.2, 0.25) is 23.0 Å². The van der Waals surface area contributed by atoms with Crippen molar-refractivity contribution >= 4 is 69.5 Å². The molecule has 0 saturated carbocycles. The maximum atomic E-state index is 12.8. The van der Waals surface area contributed by atoms with E-state index in [4.69, 9.17) is 40.5 Å². The highest BCUT2D eigenvalue weighted by molar-refractivity contribution is 6.67. The lowest BCUT2D eigenvalue weighted by Crippen LogP contribution is -2.57. The molecule has 21 heteroatoms. The molecule has 0 aromatic carbocycles. The second kappa shape index (κ2) is 15.4. The van der Waals surface area contributed by atoms with Crippen LogP contribution in [0.15, 0.2) is 49.3 Å². The van der Waals surface area contributed by atoms with Gasteiger partial charge in [-0.3, -0.25) is 9.59 Å². The number of nitrogens with two attached hydrogens (primary N) is 1. The summed E-state index contributed by atoms with van der Waals surface area (Å²) in [6, 6.07) is 3.09. The molecule has 0 atom stereocenters. The summed E-state index contributed by atoms with van der Waals surface area (Å²) < 4.78 is 51.1. The van der Waals surface area contributed by atoms with Gasteiger partial charge in [0.15, 0.2) is 11.6 Å². The number of carbonyl (C=O) groups is 2. The third kappa shape index (κ3) is 10.2. The average molecular weight is 718 g/mol. The number of halogens is 7. The van der Waals surface area contributed by atoms with E-state index in [9.17, 15) is 27.2 Å². The summed E-state index contributed by atoms with van der Waals surface area (Å²) in [6.07, 6.45) is 8.88. The second-order valence-corrected chi connectivity index (χ2v) is 10.7. The molecule has 2 aliphatic heterocycles. The zero-order chi connectivity index (χ0) is 34.2. The predicted molar refractivity (Wildman–Crippen MR) is 166 cm³/mol. The van der Waals surface area contributed by atoms with Gasteiger partial charge in [-0.15, -0.1) is 23.2 Å². The maximum absolute atomic E-state index is 12.8. The van der Waals surface area contributed by atoms with Crippen molar-refractivity contribution in [2.75, 3.05) is 58.8 Å². The fourth-order valence-corrected chi connectivity index (χ4v) is 3.83. The van der Waals surface area contributed by atoms with E-state index >= 15 is 0 Å². The number of rotatable bonds is 7. The van der Waals surface area contributed by atoms with Crippen LogP contribution in [0, 0.1) is 0 Å². The SMILES string of the molecule is Nc1ccnc(-c2cnc(N3CC(F)(F)C3)nc2)n1.O=C(CCl)Nc1ccnc(-c2cnc(N3CC(F)(F)C3)nc2)n1.O=C(Cl)CCl. The van der Waals surface area contributed by atoms with Crippen LogP contribution in [0.5, 0.6) is 0 Å². The summed E-state index contributed by atoms with van der Waals surface area (Å²) >= 11 is 15.0. The molecule has 4 aromatic rings. The third-order valence-electron chi connectivity index (χ3n) is 5.87. The Morgan fingerprint density at radius 1 is 0.745 bits per heavy atom. The zero-order valence-corrected chi connectivity index (χ0v) is 26.1. The predicted octanol–water partition coefficient (Wildman–Crippen LogP) is 3.53. The molecule has 0 radical (unpaired) electrons. The molecule has 0 bridgehead atoms. The molecule has 3 N–H and O–H groups in total. The molecule has 248 valence electrons. The van der Waals surface area contributed by atoms with Crippen molar-refractivity contribution in [2.24, 2.45) is 0 Å². The van der Waals surface area contributed by atoms with Gasteiger partial charge in [0.25, 0.3) is 11.8 Å². The summed E-state index contributed by atoms with van der Waals surface area (Å²) in [5, 5.41) is 2.00. The van der Waals surface area contributed by atoms with Crippen molar-refractivity contribution in [1.29, 1.82) is 0 Å². The standard InChI is InChI=1S/C13H11ClF2N6O.C11H10F2N6.C2H2Cl2O/c14-3-10(23)20-9-1-2-17-11(21-9)8-4-18-12(19-5-8)22-6-13(15,16)7-22;12-11(13)5-19(6-11)10-16-3-7(4-17-10)9-15-2-1-8(14)18-9;3-1-2(4)5/h1-2,4-5H,3,6-7H2,(H,17,20,21,23);1-4H,5-6H2,(H2,14,15,18);1H2.